The monoisotopic (exact) mass is 278 g/mol. The molecule has 0 aromatic rings. The summed E-state index contributed by atoms with van der Waals surface area (Å²) in [5.74, 6) is -0.404. The molecule has 3 rings (SSSR count). The normalized spacial score (nSPS) is 44.8. The van der Waals surface area contributed by atoms with Crippen molar-refractivity contribution in [3.63, 3.8) is 0 Å². The first-order valence-electron chi connectivity index (χ1n) is 8.01. The van der Waals surface area contributed by atoms with Gasteiger partial charge < -0.3 is 10.2 Å². The summed E-state index contributed by atoms with van der Waals surface area (Å²) in [4.78, 5) is 11.8. The Morgan fingerprint density at radius 3 is 2.60 bits per heavy atom. The first-order chi connectivity index (χ1) is 9.38. The molecule has 3 nitrogen and oxygen atoms in total. The number of carboxylic acid groups (broad SMARTS) is 1. The molecule has 0 heterocycles. The summed E-state index contributed by atoms with van der Waals surface area (Å²) < 4.78 is 0. The molecule has 0 bridgehead atoms. The van der Waals surface area contributed by atoms with Crippen molar-refractivity contribution in [1.82, 2.24) is 0 Å². The van der Waals surface area contributed by atoms with Crippen molar-refractivity contribution in [3.8, 4) is 0 Å². The van der Waals surface area contributed by atoms with Gasteiger partial charge in [-0.3, -0.25) is 4.79 Å². The third kappa shape index (κ3) is 1.86. The van der Waals surface area contributed by atoms with E-state index in [9.17, 15) is 15.0 Å². The Hall–Kier alpha value is -0.830. The van der Waals surface area contributed by atoms with Crippen molar-refractivity contribution < 1.29 is 15.0 Å². The van der Waals surface area contributed by atoms with Crippen molar-refractivity contribution >= 4 is 5.97 Å². The van der Waals surface area contributed by atoms with E-state index in [1.54, 1.807) is 0 Å². The summed E-state index contributed by atoms with van der Waals surface area (Å²) in [5.41, 5.74) is 2.36. The molecule has 4 atom stereocenters. The van der Waals surface area contributed by atoms with Gasteiger partial charge in [-0.2, -0.15) is 0 Å². The van der Waals surface area contributed by atoms with Crippen LogP contribution in [0, 0.1) is 16.7 Å². The SMILES string of the molecule is C[C@@]12CCC[C@](C)(C(=O)O)[C@@H]1CCC1=C2C[C@H](O)CC1. The van der Waals surface area contributed by atoms with E-state index in [4.69, 9.17) is 0 Å². The number of hydrogen-bond acceptors (Lipinski definition) is 2. The number of aliphatic carboxylic acids is 1. The van der Waals surface area contributed by atoms with Gasteiger partial charge in [-0.15, -0.1) is 0 Å². The van der Waals surface area contributed by atoms with Crippen molar-refractivity contribution in [2.24, 2.45) is 16.7 Å². The molecular weight excluding hydrogens is 252 g/mol. The van der Waals surface area contributed by atoms with Crippen LogP contribution in [0.15, 0.2) is 11.1 Å². The minimum atomic E-state index is -0.631. The second-order valence-corrected chi connectivity index (χ2v) is 7.56. The van der Waals surface area contributed by atoms with E-state index < -0.39 is 11.4 Å². The molecule has 3 aliphatic rings. The number of aliphatic hydroxyl groups is 1. The van der Waals surface area contributed by atoms with Crippen LogP contribution in [0.2, 0.25) is 0 Å². The van der Waals surface area contributed by atoms with Crippen molar-refractivity contribution in [2.75, 3.05) is 0 Å². The summed E-state index contributed by atoms with van der Waals surface area (Å²) in [5, 5.41) is 19.8. The van der Waals surface area contributed by atoms with Crippen molar-refractivity contribution in [3.05, 3.63) is 11.1 Å². The lowest BCUT2D eigenvalue weighted by molar-refractivity contribution is -0.159. The Morgan fingerprint density at radius 2 is 1.90 bits per heavy atom. The molecule has 2 N–H and O–H groups in total. The molecule has 0 spiro atoms. The molecule has 3 aliphatic carbocycles. The van der Waals surface area contributed by atoms with Gasteiger partial charge in [-0.25, -0.2) is 0 Å². The largest absolute Gasteiger partial charge is 0.481 e. The summed E-state index contributed by atoms with van der Waals surface area (Å²) in [7, 11) is 0. The van der Waals surface area contributed by atoms with Gasteiger partial charge in [0.15, 0.2) is 0 Å². The highest BCUT2D eigenvalue weighted by Crippen LogP contribution is 2.61. The van der Waals surface area contributed by atoms with Gasteiger partial charge in [0.2, 0.25) is 0 Å². The molecule has 0 aromatic carbocycles. The lowest BCUT2D eigenvalue weighted by atomic mass is 9.48. The first-order valence-corrected chi connectivity index (χ1v) is 8.01. The van der Waals surface area contributed by atoms with E-state index >= 15 is 0 Å². The maximum atomic E-state index is 11.8. The number of rotatable bonds is 1. The highest BCUT2D eigenvalue weighted by atomic mass is 16.4. The number of carboxylic acids is 1. The molecular formula is C17H26O3. The Bertz CT molecular complexity index is 467. The van der Waals surface area contributed by atoms with Gasteiger partial charge in [0.05, 0.1) is 11.5 Å². The molecule has 0 amide bonds. The smallest absolute Gasteiger partial charge is 0.309 e. The van der Waals surface area contributed by atoms with Crippen LogP contribution in [0.25, 0.3) is 0 Å². The molecule has 0 radical (unpaired) electrons. The number of aliphatic hydroxyl groups excluding tert-OH is 1. The first kappa shape index (κ1) is 14.1. The fourth-order valence-corrected chi connectivity index (χ4v) is 5.33. The van der Waals surface area contributed by atoms with E-state index in [-0.39, 0.29) is 17.4 Å². The predicted octanol–water partition coefficient (Wildman–Crippen LogP) is 3.52. The van der Waals surface area contributed by atoms with Crippen LogP contribution in [0.4, 0.5) is 0 Å². The molecule has 112 valence electrons. The van der Waals surface area contributed by atoms with Crippen LogP contribution in [0.1, 0.15) is 65.2 Å². The zero-order valence-electron chi connectivity index (χ0n) is 12.6. The van der Waals surface area contributed by atoms with Crippen LogP contribution in [-0.2, 0) is 4.79 Å². The maximum Gasteiger partial charge on any atom is 0.309 e. The maximum absolute atomic E-state index is 11.8. The highest BCUT2D eigenvalue weighted by Gasteiger charge is 2.56. The molecule has 1 saturated carbocycles. The zero-order valence-corrected chi connectivity index (χ0v) is 12.6. The van der Waals surface area contributed by atoms with Crippen molar-refractivity contribution in [2.45, 2.75) is 71.3 Å². The number of carbonyl (C=O) groups is 1. The molecule has 0 aromatic heterocycles. The van der Waals surface area contributed by atoms with E-state index in [0.29, 0.717) is 0 Å². The van der Waals surface area contributed by atoms with E-state index in [1.807, 2.05) is 6.92 Å². The van der Waals surface area contributed by atoms with E-state index in [0.717, 1.165) is 51.4 Å². The summed E-state index contributed by atoms with van der Waals surface area (Å²) in [6.07, 6.45) is 7.39. The minimum absolute atomic E-state index is 0.000370. The van der Waals surface area contributed by atoms with Crippen molar-refractivity contribution in [1.29, 1.82) is 0 Å². The van der Waals surface area contributed by atoms with Crippen LogP contribution >= 0.6 is 0 Å². The predicted molar refractivity (Wildman–Crippen MR) is 77.3 cm³/mol. The van der Waals surface area contributed by atoms with Gasteiger partial charge in [0, 0.05) is 0 Å². The lowest BCUT2D eigenvalue weighted by Gasteiger charge is -2.55. The lowest BCUT2D eigenvalue weighted by Crippen LogP contribution is -2.51. The summed E-state index contributed by atoms with van der Waals surface area (Å²) in [6, 6.07) is 0. The molecule has 0 saturated heterocycles. The standard InChI is InChI=1S/C17H26O3/c1-16-8-3-9-17(2,15(19)20)14(16)7-5-11-4-6-12(18)10-13(11)16/h12,14,18H,3-10H2,1-2H3,(H,19,20)/t12-,14-,16+,17+/m1/s1. The minimum Gasteiger partial charge on any atom is -0.481 e. The van der Waals surface area contributed by atoms with E-state index in [1.165, 1.54) is 11.1 Å². The Kier molecular flexibility index (Phi) is 3.24. The van der Waals surface area contributed by atoms with E-state index in [2.05, 4.69) is 6.92 Å². The number of fused-ring (bicyclic) bond motifs is 2. The molecule has 0 aliphatic heterocycles. The highest BCUT2D eigenvalue weighted by molar-refractivity contribution is 5.75. The van der Waals surface area contributed by atoms with Gasteiger partial charge in [-0.05, 0) is 63.2 Å². The average molecular weight is 278 g/mol. The van der Waals surface area contributed by atoms with Gasteiger partial charge >= 0.3 is 5.97 Å². The topological polar surface area (TPSA) is 57.5 Å². The Balaban J connectivity index is 2.03. The zero-order chi connectivity index (χ0) is 14.5. The molecule has 1 fully saturated rings. The second kappa shape index (κ2) is 4.59. The second-order valence-electron chi connectivity index (χ2n) is 7.56. The van der Waals surface area contributed by atoms with Crippen LogP contribution in [0.5, 0.6) is 0 Å². The number of hydrogen-bond donors (Lipinski definition) is 2. The summed E-state index contributed by atoms with van der Waals surface area (Å²) in [6.45, 7) is 4.22. The third-order valence-electron chi connectivity index (χ3n) is 6.49. The van der Waals surface area contributed by atoms with Gasteiger partial charge in [0.1, 0.15) is 0 Å². The quantitative estimate of drug-likeness (QED) is 0.722. The van der Waals surface area contributed by atoms with Crippen LogP contribution in [-0.4, -0.2) is 22.3 Å². The fourth-order valence-electron chi connectivity index (χ4n) is 5.33. The Morgan fingerprint density at radius 1 is 1.20 bits per heavy atom. The van der Waals surface area contributed by atoms with Crippen LogP contribution in [0.3, 0.4) is 0 Å². The van der Waals surface area contributed by atoms with Gasteiger partial charge in [0.25, 0.3) is 0 Å². The Labute approximate surface area is 121 Å². The van der Waals surface area contributed by atoms with Gasteiger partial charge in [-0.1, -0.05) is 24.5 Å². The third-order valence-corrected chi connectivity index (χ3v) is 6.49. The number of allylic oxidation sites excluding steroid dienone is 1. The fraction of sp³-hybridized carbons (Fsp3) is 0.824. The average Bonchev–Trinajstić information content (AvgIpc) is 2.39. The molecule has 0 unspecified atom stereocenters. The van der Waals surface area contributed by atoms with Crippen LogP contribution < -0.4 is 0 Å². The molecule has 20 heavy (non-hydrogen) atoms. The summed E-state index contributed by atoms with van der Waals surface area (Å²) >= 11 is 0. The molecule has 3 heteroatoms.